The second-order valence-electron chi connectivity index (χ2n) is 16.2. The summed E-state index contributed by atoms with van der Waals surface area (Å²) in [6, 6.07) is 79.6. The molecule has 0 radical (unpaired) electrons. The van der Waals surface area contributed by atoms with Crippen LogP contribution in [0.1, 0.15) is 25.0 Å². The smallest absolute Gasteiger partial charge is 0.0541 e. The Labute approximate surface area is 345 Å². The van der Waals surface area contributed by atoms with Crippen LogP contribution in [0.5, 0.6) is 0 Å². The summed E-state index contributed by atoms with van der Waals surface area (Å²) in [4.78, 5) is 2.37. The van der Waals surface area contributed by atoms with E-state index in [1.54, 1.807) is 0 Å². The highest BCUT2D eigenvalue weighted by atomic mass is 15.1. The molecule has 0 N–H and O–H groups in total. The molecule has 2 heteroatoms. The molecule has 9 aromatic carbocycles. The lowest BCUT2D eigenvalue weighted by atomic mass is 9.82. The predicted molar refractivity (Wildman–Crippen MR) is 249 cm³/mol. The molecule has 0 saturated heterocycles. The molecule has 0 aliphatic heterocycles. The second-order valence-corrected chi connectivity index (χ2v) is 16.2. The Hall–Kier alpha value is -7.42. The predicted octanol–water partition coefficient (Wildman–Crippen LogP) is 15.6. The molecule has 0 amide bonds. The minimum Gasteiger partial charge on any atom is -0.310 e. The van der Waals surface area contributed by atoms with Gasteiger partial charge >= 0.3 is 0 Å². The Bertz CT molecular complexity index is 3140. The van der Waals surface area contributed by atoms with E-state index in [-0.39, 0.29) is 5.41 Å². The van der Waals surface area contributed by atoms with Gasteiger partial charge in [-0.15, -0.1) is 0 Å². The first kappa shape index (κ1) is 34.8. The Morgan fingerprint density at radius 2 is 0.814 bits per heavy atom. The summed E-state index contributed by atoms with van der Waals surface area (Å²) in [6.07, 6.45) is 0. The van der Waals surface area contributed by atoms with Crippen LogP contribution < -0.4 is 4.90 Å². The lowest BCUT2D eigenvalue weighted by Crippen LogP contribution is -2.16. The maximum Gasteiger partial charge on any atom is 0.0541 e. The zero-order chi connectivity index (χ0) is 39.5. The van der Waals surface area contributed by atoms with Gasteiger partial charge in [-0.2, -0.15) is 0 Å². The van der Waals surface area contributed by atoms with Gasteiger partial charge < -0.3 is 9.47 Å². The largest absolute Gasteiger partial charge is 0.310 e. The van der Waals surface area contributed by atoms with E-state index in [0.717, 1.165) is 17.1 Å². The first-order valence-electron chi connectivity index (χ1n) is 20.5. The zero-order valence-corrected chi connectivity index (χ0v) is 33.2. The van der Waals surface area contributed by atoms with Crippen LogP contribution in [0.3, 0.4) is 0 Å². The maximum absolute atomic E-state index is 2.39. The molecule has 1 heterocycles. The van der Waals surface area contributed by atoms with Crippen LogP contribution in [0, 0.1) is 0 Å². The number of para-hydroxylation sites is 3. The molecule has 280 valence electrons. The normalized spacial score (nSPS) is 12.7. The van der Waals surface area contributed by atoms with Crippen molar-refractivity contribution in [3.05, 3.63) is 230 Å². The Balaban J connectivity index is 0.858. The minimum absolute atomic E-state index is 0.0657. The van der Waals surface area contributed by atoms with Crippen LogP contribution in [0.4, 0.5) is 17.1 Å². The highest BCUT2D eigenvalue weighted by Crippen LogP contribution is 2.50. The van der Waals surface area contributed by atoms with E-state index in [1.165, 1.54) is 83.1 Å². The molecule has 0 spiro atoms. The quantitative estimate of drug-likeness (QED) is 0.157. The van der Waals surface area contributed by atoms with Gasteiger partial charge in [-0.25, -0.2) is 0 Å². The Kier molecular flexibility index (Phi) is 8.20. The first-order chi connectivity index (χ1) is 29.0. The van der Waals surface area contributed by atoms with Crippen molar-refractivity contribution in [3.63, 3.8) is 0 Å². The number of anilines is 3. The van der Waals surface area contributed by atoms with Gasteiger partial charge in [0, 0.05) is 38.9 Å². The Morgan fingerprint density at radius 3 is 1.49 bits per heavy atom. The molecule has 0 unspecified atom stereocenters. The van der Waals surface area contributed by atoms with Crippen molar-refractivity contribution in [2.45, 2.75) is 19.3 Å². The van der Waals surface area contributed by atoms with Crippen LogP contribution in [-0.4, -0.2) is 4.57 Å². The van der Waals surface area contributed by atoms with Crippen molar-refractivity contribution in [2.24, 2.45) is 0 Å². The first-order valence-corrected chi connectivity index (χ1v) is 20.5. The van der Waals surface area contributed by atoms with E-state index in [1.807, 2.05) is 0 Å². The number of benzene rings is 9. The van der Waals surface area contributed by atoms with Crippen LogP contribution in [0.2, 0.25) is 0 Å². The fraction of sp³-hybridized carbons (Fsp3) is 0.0526. The summed E-state index contributed by atoms with van der Waals surface area (Å²) in [7, 11) is 0. The van der Waals surface area contributed by atoms with Crippen LogP contribution in [-0.2, 0) is 5.41 Å². The van der Waals surface area contributed by atoms with Gasteiger partial charge in [-0.05, 0) is 122 Å². The molecule has 10 aromatic rings. The van der Waals surface area contributed by atoms with Gasteiger partial charge in [-0.1, -0.05) is 166 Å². The third kappa shape index (κ3) is 5.87. The molecular formula is C57H42N2. The third-order valence-corrected chi connectivity index (χ3v) is 12.4. The number of hydrogen-bond donors (Lipinski definition) is 0. The number of nitrogens with zero attached hydrogens (tertiary/aromatic N) is 2. The van der Waals surface area contributed by atoms with Gasteiger partial charge in [-0.3, -0.25) is 0 Å². The van der Waals surface area contributed by atoms with Crippen LogP contribution in [0.15, 0.2) is 218 Å². The molecule has 0 fully saturated rings. The van der Waals surface area contributed by atoms with Crippen LogP contribution >= 0.6 is 0 Å². The van der Waals surface area contributed by atoms with Gasteiger partial charge in [0.2, 0.25) is 0 Å². The minimum atomic E-state index is -0.0657. The van der Waals surface area contributed by atoms with Gasteiger partial charge in [0.25, 0.3) is 0 Å². The molecule has 11 rings (SSSR count). The van der Waals surface area contributed by atoms with E-state index in [9.17, 15) is 0 Å². The maximum atomic E-state index is 2.39. The van der Waals surface area contributed by atoms with Crippen molar-refractivity contribution in [1.82, 2.24) is 4.57 Å². The summed E-state index contributed by atoms with van der Waals surface area (Å²) in [5.74, 6) is 0. The standard InChI is InChI=1S/C57H42N2/c1-57(2)53-19-11-9-17-49(53)50-35-34-48(38-54(50)57)58(45-13-5-3-6-14-45)47-32-29-42(30-33-47)41-23-21-39(22-24-41)40-25-27-43(28-26-40)44-31-36-56-52(37-44)51-18-10-12-20-55(51)59(56)46-15-7-4-8-16-46/h3-38H,1-2H3. The van der Waals surface area contributed by atoms with Crippen LogP contribution in [0.25, 0.3) is 72.0 Å². The molecule has 0 atom stereocenters. The monoisotopic (exact) mass is 754 g/mol. The van der Waals surface area contributed by atoms with E-state index in [4.69, 9.17) is 0 Å². The molecule has 1 aromatic heterocycles. The lowest BCUT2D eigenvalue weighted by Gasteiger charge is -2.28. The van der Waals surface area contributed by atoms with Crippen molar-refractivity contribution in [2.75, 3.05) is 4.90 Å². The number of fused-ring (bicyclic) bond motifs is 6. The zero-order valence-electron chi connectivity index (χ0n) is 33.2. The van der Waals surface area contributed by atoms with Gasteiger partial charge in [0.05, 0.1) is 11.0 Å². The van der Waals surface area contributed by atoms with Crippen molar-refractivity contribution in [1.29, 1.82) is 0 Å². The fourth-order valence-corrected chi connectivity index (χ4v) is 9.38. The summed E-state index contributed by atoms with van der Waals surface area (Å²) in [5.41, 5.74) is 19.6. The topological polar surface area (TPSA) is 8.17 Å². The molecule has 0 saturated carbocycles. The van der Waals surface area contributed by atoms with E-state index in [2.05, 4.69) is 242 Å². The molecule has 2 nitrogen and oxygen atoms in total. The van der Waals surface area contributed by atoms with Gasteiger partial charge in [0.15, 0.2) is 0 Å². The van der Waals surface area contributed by atoms with E-state index in [0.29, 0.717) is 0 Å². The summed E-state index contributed by atoms with van der Waals surface area (Å²) >= 11 is 0. The number of hydrogen-bond acceptors (Lipinski definition) is 1. The summed E-state index contributed by atoms with van der Waals surface area (Å²) in [6.45, 7) is 4.69. The molecule has 1 aliphatic carbocycles. The second kappa shape index (κ2) is 13.9. The summed E-state index contributed by atoms with van der Waals surface area (Å²) in [5, 5.41) is 2.53. The summed E-state index contributed by atoms with van der Waals surface area (Å²) < 4.78 is 2.37. The van der Waals surface area contributed by atoms with Crippen molar-refractivity contribution in [3.8, 4) is 50.2 Å². The van der Waals surface area contributed by atoms with Crippen molar-refractivity contribution < 1.29 is 0 Å². The van der Waals surface area contributed by atoms with E-state index < -0.39 is 0 Å². The average molecular weight is 755 g/mol. The highest BCUT2D eigenvalue weighted by Gasteiger charge is 2.35. The van der Waals surface area contributed by atoms with E-state index >= 15 is 0 Å². The molecular weight excluding hydrogens is 713 g/mol. The molecule has 1 aliphatic rings. The van der Waals surface area contributed by atoms with Crippen molar-refractivity contribution >= 4 is 38.9 Å². The average Bonchev–Trinajstić information content (AvgIpc) is 3.75. The van der Waals surface area contributed by atoms with Gasteiger partial charge in [0.1, 0.15) is 0 Å². The SMILES string of the molecule is CC1(C)c2ccccc2-c2ccc(N(c3ccccc3)c3ccc(-c4ccc(-c5ccc(-c6ccc7c(c6)c6ccccc6n7-c6ccccc6)cc5)cc4)cc3)cc21. The number of aromatic nitrogens is 1. The fourth-order valence-electron chi connectivity index (χ4n) is 9.38. The lowest BCUT2D eigenvalue weighted by molar-refractivity contribution is 0.660. The molecule has 59 heavy (non-hydrogen) atoms. The molecule has 0 bridgehead atoms. The number of rotatable bonds is 7. The third-order valence-electron chi connectivity index (χ3n) is 12.4. The Morgan fingerprint density at radius 1 is 0.339 bits per heavy atom. The highest BCUT2D eigenvalue weighted by molar-refractivity contribution is 6.10.